The number of hydrogen-bond acceptors (Lipinski definition) is 3. The zero-order chi connectivity index (χ0) is 16.2. The van der Waals surface area contributed by atoms with Crippen LogP contribution in [0.25, 0.3) is 10.9 Å². The van der Waals surface area contributed by atoms with Crippen LogP contribution in [0, 0.1) is 0 Å². The topological polar surface area (TPSA) is 65.2 Å². The number of carbonyl (C=O) groups is 1. The lowest BCUT2D eigenvalue weighted by molar-refractivity contribution is 0.100. The summed E-state index contributed by atoms with van der Waals surface area (Å²) in [5, 5.41) is 1.11. The number of ether oxygens (including phenoxy) is 1. The number of rotatable bonds is 5. The number of amides is 1. The molecule has 0 aliphatic carbocycles. The van der Waals surface area contributed by atoms with E-state index >= 15 is 0 Å². The van der Waals surface area contributed by atoms with Crippen LogP contribution in [-0.2, 0) is 13.0 Å². The molecule has 1 heterocycles. The van der Waals surface area contributed by atoms with Crippen molar-refractivity contribution in [3.63, 3.8) is 0 Å². The number of aromatic nitrogens is 1. The first-order valence-electron chi connectivity index (χ1n) is 7.57. The zero-order valence-corrected chi connectivity index (χ0v) is 13.0. The molecule has 1 aromatic heterocycles. The summed E-state index contributed by atoms with van der Waals surface area (Å²) in [6.45, 7) is 2.57. The highest BCUT2D eigenvalue weighted by atomic mass is 16.5. The summed E-state index contributed by atoms with van der Waals surface area (Å²) < 4.78 is 5.83. The van der Waals surface area contributed by atoms with Crippen molar-refractivity contribution in [1.29, 1.82) is 0 Å². The zero-order valence-electron chi connectivity index (χ0n) is 13.0. The maximum absolute atomic E-state index is 11.1. The van der Waals surface area contributed by atoms with E-state index in [1.807, 2.05) is 12.3 Å². The third-order valence-electron chi connectivity index (χ3n) is 3.86. The van der Waals surface area contributed by atoms with E-state index in [2.05, 4.69) is 30.1 Å². The highest BCUT2D eigenvalue weighted by Gasteiger charge is 2.07. The molecule has 2 aromatic carbocycles. The highest BCUT2D eigenvalue weighted by molar-refractivity contribution is 5.92. The Balaban J connectivity index is 1.83. The van der Waals surface area contributed by atoms with E-state index in [1.165, 1.54) is 5.56 Å². The Bertz CT molecular complexity index is 842. The van der Waals surface area contributed by atoms with Gasteiger partial charge in [-0.1, -0.05) is 25.1 Å². The van der Waals surface area contributed by atoms with Crippen LogP contribution < -0.4 is 10.5 Å². The van der Waals surface area contributed by atoms with Crippen LogP contribution in [0.2, 0.25) is 0 Å². The normalized spacial score (nSPS) is 10.7. The number of nitrogens with two attached hydrogens (primary N) is 1. The molecule has 0 saturated carbocycles. The van der Waals surface area contributed by atoms with Crippen molar-refractivity contribution in [2.24, 2.45) is 5.73 Å². The third-order valence-corrected chi connectivity index (χ3v) is 3.86. The molecule has 0 spiro atoms. The van der Waals surface area contributed by atoms with Gasteiger partial charge in [0, 0.05) is 17.1 Å². The van der Waals surface area contributed by atoms with E-state index in [-0.39, 0.29) is 0 Å². The maximum atomic E-state index is 11.1. The Labute approximate surface area is 134 Å². The van der Waals surface area contributed by atoms with Gasteiger partial charge < -0.3 is 10.5 Å². The number of primary amides is 1. The number of hydrogen-bond donors (Lipinski definition) is 1. The summed E-state index contributed by atoms with van der Waals surface area (Å²) in [5.41, 5.74) is 9.05. The Morgan fingerprint density at radius 1 is 1.09 bits per heavy atom. The van der Waals surface area contributed by atoms with Crippen molar-refractivity contribution in [2.45, 2.75) is 20.0 Å². The van der Waals surface area contributed by atoms with E-state index in [0.717, 1.165) is 22.9 Å². The second-order valence-electron chi connectivity index (χ2n) is 5.31. The van der Waals surface area contributed by atoms with Gasteiger partial charge in [-0.05, 0) is 47.9 Å². The van der Waals surface area contributed by atoms with Gasteiger partial charge in [-0.25, -0.2) is 0 Å². The van der Waals surface area contributed by atoms with Crippen molar-refractivity contribution in [3.05, 3.63) is 71.4 Å². The van der Waals surface area contributed by atoms with Crippen molar-refractivity contribution in [1.82, 2.24) is 4.98 Å². The fraction of sp³-hybridized carbons (Fsp3) is 0.158. The molecule has 116 valence electrons. The number of benzene rings is 2. The summed E-state index contributed by atoms with van der Waals surface area (Å²) >= 11 is 0. The third kappa shape index (κ3) is 3.16. The average Bonchev–Trinajstić information content (AvgIpc) is 2.60. The molecule has 4 nitrogen and oxygen atoms in total. The molecule has 4 heteroatoms. The summed E-state index contributed by atoms with van der Waals surface area (Å²) in [5.74, 6) is 0.260. The molecule has 0 aliphatic rings. The molecule has 0 unspecified atom stereocenters. The lowest BCUT2D eigenvalue weighted by Gasteiger charge is -2.11. The van der Waals surface area contributed by atoms with Gasteiger partial charge in [0.1, 0.15) is 12.4 Å². The molecule has 2 N–H and O–H groups in total. The molecule has 0 saturated heterocycles. The summed E-state index contributed by atoms with van der Waals surface area (Å²) in [4.78, 5) is 15.6. The lowest BCUT2D eigenvalue weighted by atomic mass is 10.0. The fourth-order valence-corrected chi connectivity index (χ4v) is 2.58. The first-order chi connectivity index (χ1) is 11.2. The minimum absolute atomic E-state index is 0.441. The van der Waals surface area contributed by atoms with E-state index in [9.17, 15) is 4.79 Å². The summed E-state index contributed by atoms with van der Waals surface area (Å²) in [6.07, 6.45) is 2.76. The largest absolute Gasteiger partial charge is 0.489 e. The molecule has 23 heavy (non-hydrogen) atoms. The van der Waals surface area contributed by atoms with Gasteiger partial charge in [0.15, 0.2) is 0 Å². The summed E-state index contributed by atoms with van der Waals surface area (Å²) in [7, 11) is 0. The van der Waals surface area contributed by atoms with Gasteiger partial charge in [-0.15, -0.1) is 0 Å². The van der Waals surface area contributed by atoms with Crippen molar-refractivity contribution in [3.8, 4) is 5.75 Å². The first kappa shape index (κ1) is 15.0. The van der Waals surface area contributed by atoms with Crippen LogP contribution >= 0.6 is 0 Å². The standard InChI is InChI=1S/C19H18N2O2/c1-2-13-5-6-15(17-4-3-11-21-18(13)17)12-23-16-9-7-14(8-10-16)19(20)22/h3-11H,2,12H2,1H3,(H2,20,22). The van der Waals surface area contributed by atoms with E-state index < -0.39 is 5.91 Å². The summed E-state index contributed by atoms with van der Waals surface area (Å²) in [6, 6.07) is 15.0. The fourth-order valence-electron chi connectivity index (χ4n) is 2.58. The molecule has 1 amide bonds. The Morgan fingerprint density at radius 3 is 2.52 bits per heavy atom. The molecule has 0 bridgehead atoms. The molecule has 0 atom stereocenters. The van der Waals surface area contributed by atoms with Crippen LogP contribution in [0.1, 0.15) is 28.4 Å². The van der Waals surface area contributed by atoms with E-state index in [0.29, 0.717) is 17.9 Å². The van der Waals surface area contributed by atoms with Crippen molar-refractivity contribution >= 4 is 16.8 Å². The van der Waals surface area contributed by atoms with Crippen LogP contribution in [0.5, 0.6) is 5.75 Å². The number of fused-ring (bicyclic) bond motifs is 1. The Kier molecular flexibility index (Phi) is 4.24. The van der Waals surface area contributed by atoms with Crippen molar-refractivity contribution < 1.29 is 9.53 Å². The molecule has 0 radical (unpaired) electrons. The molecule has 0 aliphatic heterocycles. The van der Waals surface area contributed by atoms with Crippen molar-refractivity contribution in [2.75, 3.05) is 0 Å². The molecule has 0 fully saturated rings. The van der Waals surface area contributed by atoms with Crippen LogP contribution in [0.3, 0.4) is 0 Å². The molecule has 3 rings (SSSR count). The predicted molar refractivity (Wildman–Crippen MR) is 90.4 cm³/mol. The monoisotopic (exact) mass is 306 g/mol. The second-order valence-corrected chi connectivity index (χ2v) is 5.31. The van der Waals surface area contributed by atoms with Gasteiger partial charge in [-0.3, -0.25) is 9.78 Å². The van der Waals surface area contributed by atoms with Crippen LogP contribution in [0.4, 0.5) is 0 Å². The van der Waals surface area contributed by atoms with Gasteiger partial charge in [0.2, 0.25) is 5.91 Å². The number of carbonyl (C=O) groups excluding carboxylic acids is 1. The molecular weight excluding hydrogens is 288 g/mol. The number of nitrogens with zero attached hydrogens (tertiary/aromatic N) is 1. The smallest absolute Gasteiger partial charge is 0.248 e. The number of aryl methyl sites for hydroxylation is 1. The highest BCUT2D eigenvalue weighted by Crippen LogP contribution is 2.23. The minimum atomic E-state index is -0.441. The van der Waals surface area contributed by atoms with Crippen LogP contribution in [-0.4, -0.2) is 10.9 Å². The average molecular weight is 306 g/mol. The van der Waals surface area contributed by atoms with Gasteiger partial charge in [-0.2, -0.15) is 0 Å². The second kappa shape index (κ2) is 6.48. The van der Waals surface area contributed by atoms with Gasteiger partial charge >= 0.3 is 0 Å². The SMILES string of the molecule is CCc1ccc(COc2ccc(C(N)=O)cc2)c2cccnc12. The quantitative estimate of drug-likeness (QED) is 0.785. The van der Waals surface area contributed by atoms with E-state index in [1.54, 1.807) is 24.3 Å². The predicted octanol–water partition coefficient (Wildman–Crippen LogP) is 3.48. The Morgan fingerprint density at radius 2 is 1.83 bits per heavy atom. The minimum Gasteiger partial charge on any atom is -0.489 e. The molecule has 3 aromatic rings. The van der Waals surface area contributed by atoms with Gasteiger partial charge in [0.25, 0.3) is 0 Å². The van der Waals surface area contributed by atoms with Gasteiger partial charge in [0.05, 0.1) is 5.52 Å². The maximum Gasteiger partial charge on any atom is 0.248 e. The Hall–Kier alpha value is -2.88. The molecular formula is C19H18N2O2. The van der Waals surface area contributed by atoms with E-state index in [4.69, 9.17) is 10.5 Å². The number of pyridine rings is 1. The lowest BCUT2D eigenvalue weighted by Crippen LogP contribution is -2.10. The van der Waals surface area contributed by atoms with Crippen LogP contribution in [0.15, 0.2) is 54.7 Å². The first-order valence-corrected chi connectivity index (χ1v) is 7.57.